The van der Waals surface area contributed by atoms with Gasteiger partial charge in [-0.15, -0.1) is 9.24 Å². The molecule has 1 amide bonds. The van der Waals surface area contributed by atoms with Gasteiger partial charge < -0.3 is 19.7 Å². The Morgan fingerprint density at radius 3 is 2.65 bits per heavy atom. The van der Waals surface area contributed by atoms with E-state index in [2.05, 4.69) is 25.5 Å². The van der Waals surface area contributed by atoms with Crippen molar-refractivity contribution in [2.45, 2.75) is 31.5 Å². The van der Waals surface area contributed by atoms with E-state index < -0.39 is 0 Å². The van der Waals surface area contributed by atoms with Gasteiger partial charge in [0.1, 0.15) is 13.2 Å². The van der Waals surface area contributed by atoms with E-state index in [1.54, 1.807) is 6.92 Å². The molecule has 1 aromatic rings. The van der Waals surface area contributed by atoms with Gasteiger partial charge in [-0.2, -0.15) is 0 Å². The molecule has 0 bridgehead atoms. The summed E-state index contributed by atoms with van der Waals surface area (Å²) in [5, 5.41) is 3.11. The number of rotatable bonds is 5. The first kappa shape index (κ1) is 16.5. The molecule has 1 fully saturated rings. The first-order valence-electron chi connectivity index (χ1n) is 8.28. The Kier molecular flexibility index (Phi) is 5.39. The van der Waals surface area contributed by atoms with Crippen LogP contribution in [-0.4, -0.2) is 49.7 Å². The number of nitrogens with zero attached hydrogens (tertiary/aromatic N) is 1. The van der Waals surface area contributed by atoms with Crippen LogP contribution in [0.2, 0.25) is 0 Å². The topological polar surface area (TPSA) is 50.8 Å². The predicted molar refractivity (Wildman–Crippen MR) is 93.2 cm³/mol. The summed E-state index contributed by atoms with van der Waals surface area (Å²) in [5.41, 5.74) is 1.27. The molecule has 0 spiro atoms. The third-order valence-corrected chi connectivity index (χ3v) is 5.28. The molecule has 2 aliphatic rings. The van der Waals surface area contributed by atoms with Gasteiger partial charge in [0.2, 0.25) is 5.91 Å². The fourth-order valence-corrected chi connectivity index (χ4v) is 3.68. The van der Waals surface area contributed by atoms with E-state index in [4.69, 9.17) is 9.47 Å². The number of carbonyl (C=O) groups excluding carboxylic acids is 1. The van der Waals surface area contributed by atoms with Crippen molar-refractivity contribution in [3.63, 3.8) is 0 Å². The molecule has 0 radical (unpaired) electrons. The van der Waals surface area contributed by atoms with Gasteiger partial charge in [-0.05, 0) is 43.6 Å². The SMILES string of the molecule is CC(=O)NC(CN1CCCC1)C(P)c1ccc2c(c1)OCCO2. The van der Waals surface area contributed by atoms with Crippen LogP contribution >= 0.6 is 9.24 Å². The fourth-order valence-electron chi connectivity index (χ4n) is 3.25. The standard InChI is InChI=1S/C17H25N2O3P/c1-12(20)18-14(11-19-6-2-3-7-19)17(23)13-4-5-15-16(10-13)22-9-8-21-15/h4-5,10,14,17H,2-3,6-9,11,23H2,1H3,(H,18,20). The molecule has 1 N–H and O–H groups in total. The zero-order chi connectivity index (χ0) is 16.2. The third kappa shape index (κ3) is 4.15. The van der Waals surface area contributed by atoms with Crippen LogP contribution in [0.1, 0.15) is 31.0 Å². The Labute approximate surface area is 139 Å². The largest absolute Gasteiger partial charge is 0.486 e. The highest BCUT2D eigenvalue weighted by atomic mass is 31.0. The zero-order valence-electron chi connectivity index (χ0n) is 13.6. The van der Waals surface area contributed by atoms with Crippen molar-refractivity contribution < 1.29 is 14.3 Å². The second-order valence-electron chi connectivity index (χ2n) is 6.24. The van der Waals surface area contributed by atoms with E-state index in [1.165, 1.54) is 12.8 Å². The summed E-state index contributed by atoms with van der Waals surface area (Å²) in [6.07, 6.45) is 2.50. The number of amides is 1. The van der Waals surface area contributed by atoms with Crippen LogP contribution in [0.3, 0.4) is 0 Å². The minimum atomic E-state index is 0.0131. The van der Waals surface area contributed by atoms with Gasteiger partial charge in [0.15, 0.2) is 11.5 Å². The van der Waals surface area contributed by atoms with Crippen molar-refractivity contribution in [2.24, 2.45) is 0 Å². The van der Waals surface area contributed by atoms with Gasteiger partial charge in [0.25, 0.3) is 0 Å². The number of hydrogen-bond donors (Lipinski definition) is 1. The highest BCUT2D eigenvalue weighted by Crippen LogP contribution is 2.36. The number of nitrogens with one attached hydrogen (secondary N) is 1. The second kappa shape index (κ2) is 7.50. The van der Waals surface area contributed by atoms with Crippen LogP contribution in [0.25, 0.3) is 0 Å². The first-order chi connectivity index (χ1) is 11.1. The van der Waals surface area contributed by atoms with Gasteiger partial charge in [-0.3, -0.25) is 4.79 Å². The summed E-state index contributed by atoms with van der Waals surface area (Å²) in [7, 11) is 2.88. The lowest BCUT2D eigenvalue weighted by molar-refractivity contribution is -0.119. The monoisotopic (exact) mass is 336 g/mol. The fraction of sp³-hybridized carbons (Fsp3) is 0.588. The number of hydrogen-bond acceptors (Lipinski definition) is 4. The third-order valence-electron chi connectivity index (χ3n) is 4.43. The molecule has 0 aliphatic carbocycles. The highest BCUT2D eigenvalue weighted by molar-refractivity contribution is 7.17. The van der Waals surface area contributed by atoms with E-state index in [9.17, 15) is 4.79 Å². The Bertz CT molecular complexity index is 561. The molecule has 2 heterocycles. The maximum atomic E-state index is 11.6. The van der Waals surface area contributed by atoms with Gasteiger partial charge >= 0.3 is 0 Å². The maximum Gasteiger partial charge on any atom is 0.217 e. The summed E-state index contributed by atoms with van der Waals surface area (Å²) < 4.78 is 11.3. The lowest BCUT2D eigenvalue weighted by Gasteiger charge is -2.30. The summed E-state index contributed by atoms with van der Waals surface area (Å²) >= 11 is 0. The van der Waals surface area contributed by atoms with E-state index >= 15 is 0 Å². The molecule has 5 nitrogen and oxygen atoms in total. The van der Waals surface area contributed by atoms with Crippen LogP contribution < -0.4 is 14.8 Å². The molecule has 0 aromatic heterocycles. The van der Waals surface area contributed by atoms with Gasteiger partial charge in [-0.25, -0.2) is 0 Å². The van der Waals surface area contributed by atoms with Gasteiger partial charge in [-0.1, -0.05) is 6.07 Å². The first-order valence-corrected chi connectivity index (χ1v) is 8.95. The molecule has 6 heteroatoms. The molecule has 1 saturated heterocycles. The van der Waals surface area contributed by atoms with Crippen LogP contribution in [-0.2, 0) is 4.79 Å². The predicted octanol–water partition coefficient (Wildman–Crippen LogP) is 1.97. The van der Waals surface area contributed by atoms with Crippen molar-refractivity contribution >= 4 is 15.1 Å². The summed E-state index contributed by atoms with van der Waals surface area (Å²) in [6, 6.07) is 6.12. The van der Waals surface area contributed by atoms with Gasteiger partial charge in [0.05, 0.1) is 6.04 Å². The lowest BCUT2D eigenvalue weighted by Crippen LogP contribution is -2.44. The van der Waals surface area contributed by atoms with Crippen molar-refractivity contribution in [1.29, 1.82) is 0 Å². The maximum absolute atomic E-state index is 11.6. The Hall–Kier alpha value is -1.32. The molecule has 126 valence electrons. The zero-order valence-corrected chi connectivity index (χ0v) is 14.7. The quantitative estimate of drug-likeness (QED) is 0.836. The van der Waals surface area contributed by atoms with Crippen LogP contribution in [0.4, 0.5) is 0 Å². The summed E-state index contributed by atoms with van der Waals surface area (Å²) in [4.78, 5) is 14.0. The summed E-state index contributed by atoms with van der Waals surface area (Å²) in [5.74, 6) is 1.61. The van der Waals surface area contributed by atoms with Crippen molar-refractivity contribution in [3.8, 4) is 11.5 Å². The minimum absolute atomic E-state index is 0.0131. The Balaban J connectivity index is 1.75. The van der Waals surface area contributed by atoms with Gasteiger partial charge in [0, 0.05) is 19.1 Å². The number of ether oxygens (including phenoxy) is 2. The molecule has 2 aliphatic heterocycles. The number of benzene rings is 1. The van der Waals surface area contributed by atoms with E-state index in [-0.39, 0.29) is 17.6 Å². The molecule has 3 rings (SSSR count). The van der Waals surface area contributed by atoms with Crippen molar-refractivity contribution in [1.82, 2.24) is 10.2 Å². The Morgan fingerprint density at radius 2 is 1.96 bits per heavy atom. The van der Waals surface area contributed by atoms with Crippen molar-refractivity contribution in [3.05, 3.63) is 23.8 Å². The molecule has 0 saturated carbocycles. The molecule has 23 heavy (non-hydrogen) atoms. The normalized spacial score (nSPS) is 20.1. The average molecular weight is 336 g/mol. The second-order valence-corrected chi connectivity index (χ2v) is 6.96. The van der Waals surface area contributed by atoms with Crippen LogP contribution in [0, 0.1) is 0 Å². The van der Waals surface area contributed by atoms with Crippen LogP contribution in [0.5, 0.6) is 11.5 Å². The van der Waals surface area contributed by atoms with Crippen molar-refractivity contribution in [2.75, 3.05) is 32.8 Å². The van der Waals surface area contributed by atoms with Crippen LogP contribution in [0.15, 0.2) is 18.2 Å². The Morgan fingerprint density at radius 1 is 1.26 bits per heavy atom. The molecule has 3 atom stereocenters. The average Bonchev–Trinajstić information content (AvgIpc) is 3.06. The van der Waals surface area contributed by atoms with E-state index in [0.29, 0.717) is 13.2 Å². The molecular weight excluding hydrogens is 311 g/mol. The highest BCUT2D eigenvalue weighted by Gasteiger charge is 2.25. The number of fused-ring (bicyclic) bond motifs is 1. The molecule has 1 aromatic carbocycles. The molecule has 3 unspecified atom stereocenters. The molecular formula is C17H25N2O3P. The smallest absolute Gasteiger partial charge is 0.217 e. The van der Waals surface area contributed by atoms with E-state index in [0.717, 1.165) is 36.7 Å². The minimum Gasteiger partial charge on any atom is -0.486 e. The van der Waals surface area contributed by atoms with E-state index in [1.807, 2.05) is 12.1 Å². The lowest BCUT2D eigenvalue weighted by atomic mass is 10.0. The summed E-state index contributed by atoms with van der Waals surface area (Å²) in [6.45, 7) is 5.88. The number of likely N-dealkylation sites (tertiary alicyclic amines) is 1. The number of carbonyl (C=O) groups is 1.